The van der Waals surface area contributed by atoms with Gasteiger partial charge in [-0.15, -0.1) is 0 Å². The lowest BCUT2D eigenvalue weighted by Crippen LogP contribution is -2.22. The SMILES string of the molecule is C=C(C)COc1ccc2ccccc2c1CC(N)CC. The Morgan fingerprint density at radius 2 is 2.00 bits per heavy atom. The van der Waals surface area contributed by atoms with Gasteiger partial charge in [-0.2, -0.15) is 0 Å². The highest BCUT2D eigenvalue weighted by Crippen LogP contribution is 2.29. The summed E-state index contributed by atoms with van der Waals surface area (Å²) in [5.41, 5.74) is 8.37. The molecule has 106 valence electrons. The summed E-state index contributed by atoms with van der Waals surface area (Å²) >= 11 is 0. The van der Waals surface area contributed by atoms with Crippen LogP contribution in [0.1, 0.15) is 25.8 Å². The first kappa shape index (κ1) is 14.6. The minimum absolute atomic E-state index is 0.160. The molecule has 0 aliphatic heterocycles. The van der Waals surface area contributed by atoms with Crippen molar-refractivity contribution < 1.29 is 4.74 Å². The zero-order valence-electron chi connectivity index (χ0n) is 12.4. The molecule has 0 spiro atoms. The van der Waals surface area contributed by atoms with E-state index in [1.807, 2.05) is 13.0 Å². The van der Waals surface area contributed by atoms with Gasteiger partial charge in [0.15, 0.2) is 0 Å². The van der Waals surface area contributed by atoms with Crippen LogP contribution < -0.4 is 10.5 Å². The van der Waals surface area contributed by atoms with E-state index in [-0.39, 0.29) is 6.04 Å². The van der Waals surface area contributed by atoms with Crippen molar-refractivity contribution in [3.8, 4) is 5.75 Å². The molecule has 0 aliphatic carbocycles. The molecule has 0 fully saturated rings. The van der Waals surface area contributed by atoms with Gasteiger partial charge in [-0.05, 0) is 42.2 Å². The van der Waals surface area contributed by atoms with Gasteiger partial charge in [0, 0.05) is 11.6 Å². The van der Waals surface area contributed by atoms with Gasteiger partial charge in [0.2, 0.25) is 0 Å². The molecule has 2 aromatic carbocycles. The maximum Gasteiger partial charge on any atom is 0.123 e. The molecule has 0 heterocycles. The lowest BCUT2D eigenvalue weighted by Gasteiger charge is -2.17. The Hall–Kier alpha value is -1.80. The van der Waals surface area contributed by atoms with Crippen LogP contribution in [-0.2, 0) is 6.42 Å². The molecule has 20 heavy (non-hydrogen) atoms. The average molecular weight is 269 g/mol. The molecule has 2 rings (SSSR count). The topological polar surface area (TPSA) is 35.2 Å². The van der Waals surface area contributed by atoms with Gasteiger partial charge >= 0.3 is 0 Å². The van der Waals surface area contributed by atoms with E-state index in [2.05, 4.69) is 43.8 Å². The highest BCUT2D eigenvalue weighted by atomic mass is 16.5. The summed E-state index contributed by atoms with van der Waals surface area (Å²) in [6.45, 7) is 8.52. The number of nitrogens with two attached hydrogens (primary N) is 1. The highest BCUT2D eigenvalue weighted by molar-refractivity contribution is 5.87. The molecule has 1 atom stereocenters. The molecule has 1 unspecified atom stereocenters. The van der Waals surface area contributed by atoms with Crippen LogP contribution in [0.2, 0.25) is 0 Å². The number of rotatable bonds is 6. The molecular formula is C18H23NO. The minimum Gasteiger partial charge on any atom is -0.489 e. The van der Waals surface area contributed by atoms with E-state index in [4.69, 9.17) is 10.5 Å². The Bertz CT molecular complexity index is 603. The molecule has 2 nitrogen and oxygen atoms in total. The summed E-state index contributed by atoms with van der Waals surface area (Å²) in [4.78, 5) is 0. The second-order valence-corrected chi connectivity index (χ2v) is 5.38. The Kier molecular flexibility index (Phi) is 4.80. The molecule has 2 N–H and O–H groups in total. The van der Waals surface area contributed by atoms with Crippen molar-refractivity contribution in [2.24, 2.45) is 5.73 Å². The molecule has 0 bridgehead atoms. The van der Waals surface area contributed by atoms with Crippen molar-refractivity contribution in [2.75, 3.05) is 6.61 Å². The van der Waals surface area contributed by atoms with Crippen molar-refractivity contribution in [3.63, 3.8) is 0 Å². The van der Waals surface area contributed by atoms with Crippen LogP contribution in [0.3, 0.4) is 0 Å². The summed E-state index contributed by atoms with van der Waals surface area (Å²) in [6.07, 6.45) is 1.80. The first-order valence-corrected chi connectivity index (χ1v) is 7.15. The van der Waals surface area contributed by atoms with E-state index in [9.17, 15) is 0 Å². The zero-order valence-corrected chi connectivity index (χ0v) is 12.4. The van der Waals surface area contributed by atoms with Crippen molar-refractivity contribution in [2.45, 2.75) is 32.7 Å². The Morgan fingerprint density at radius 1 is 1.25 bits per heavy atom. The van der Waals surface area contributed by atoms with Gasteiger partial charge in [0.05, 0.1) is 0 Å². The molecule has 2 heteroatoms. The van der Waals surface area contributed by atoms with E-state index in [0.717, 1.165) is 24.2 Å². The highest BCUT2D eigenvalue weighted by Gasteiger charge is 2.12. The van der Waals surface area contributed by atoms with Crippen LogP contribution in [0.15, 0.2) is 48.6 Å². The molecule has 0 amide bonds. The van der Waals surface area contributed by atoms with Gasteiger partial charge in [-0.3, -0.25) is 0 Å². The van der Waals surface area contributed by atoms with Crippen LogP contribution in [0.25, 0.3) is 10.8 Å². The third-order valence-corrected chi connectivity index (χ3v) is 3.46. The largest absolute Gasteiger partial charge is 0.489 e. The van der Waals surface area contributed by atoms with Crippen LogP contribution in [0.5, 0.6) is 5.75 Å². The maximum absolute atomic E-state index is 6.15. The third kappa shape index (κ3) is 3.40. The first-order chi connectivity index (χ1) is 9.61. The Labute approximate surface area is 121 Å². The predicted molar refractivity (Wildman–Crippen MR) is 86.2 cm³/mol. The predicted octanol–water partition coefficient (Wildman–Crippen LogP) is 4.07. The van der Waals surface area contributed by atoms with E-state index in [1.165, 1.54) is 16.3 Å². The molecule has 0 aromatic heterocycles. The first-order valence-electron chi connectivity index (χ1n) is 7.15. The molecular weight excluding hydrogens is 246 g/mol. The number of hydrogen-bond acceptors (Lipinski definition) is 2. The molecule has 0 aliphatic rings. The van der Waals surface area contributed by atoms with E-state index in [1.54, 1.807) is 0 Å². The van der Waals surface area contributed by atoms with Gasteiger partial charge in [0.1, 0.15) is 12.4 Å². The standard InChI is InChI=1S/C18H23NO/c1-4-15(19)11-17-16-8-6-5-7-14(16)9-10-18(17)20-12-13(2)3/h5-10,15H,2,4,11-12,19H2,1,3H3. The molecule has 2 aromatic rings. The van der Waals surface area contributed by atoms with Gasteiger partial charge in [-0.25, -0.2) is 0 Å². The normalized spacial score (nSPS) is 12.3. The second-order valence-electron chi connectivity index (χ2n) is 5.38. The van der Waals surface area contributed by atoms with Gasteiger partial charge in [0.25, 0.3) is 0 Å². The van der Waals surface area contributed by atoms with E-state index >= 15 is 0 Å². The second kappa shape index (κ2) is 6.58. The summed E-state index contributed by atoms with van der Waals surface area (Å²) in [5, 5.41) is 2.46. The summed E-state index contributed by atoms with van der Waals surface area (Å²) in [6, 6.07) is 12.7. The number of benzene rings is 2. The summed E-state index contributed by atoms with van der Waals surface area (Å²) in [7, 11) is 0. The van der Waals surface area contributed by atoms with Crippen molar-refractivity contribution in [3.05, 3.63) is 54.1 Å². The monoisotopic (exact) mass is 269 g/mol. The smallest absolute Gasteiger partial charge is 0.123 e. The zero-order chi connectivity index (χ0) is 14.5. The average Bonchev–Trinajstić information content (AvgIpc) is 2.46. The van der Waals surface area contributed by atoms with E-state index in [0.29, 0.717) is 6.61 Å². The van der Waals surface area contributed by atoms with Gasteiger partial charge in [-0.1, -0.05) is 43.8 Å². The van der Waals surface area contributed by atoms with Crippen molar-refractivity contribution >= 4 is 10.8 Å². The summed E-state index contributed by atoms with van der Waals surface area (Å²) in [5.74, 6) is 0.926. The molecule has 0 saturated heterocycles. The van der Waals surface area contributed by atoms with Crippen molar-refractivity contribution in [1.29, 1.82) is 0 Å². The van der Waals surface area contributed by atoms with Crippen molar-refractivity contribution in [1.82, 2.24) is 0 Å². The number of fused-ring (bicyclic) bond motifs is 1. The maximum atomic E-state index is 6.15. The van der Waals surface area contributed by atoms with Crippen LogP contribution in [-0.4, -0.2) is 12.6 Å². The quantitative estimate of drug-likeness (QED) is 0.802. The lowest BCUT2D eigenvalue weighted by atomic mass is 9.97. The number of hydrogen-bond donors (Lipinski definition) is 1. The Morgan fingerprint density at radius 3 is 2.70 bits per heavy atom. The lowest BCUT2D eigenvalue weighted by molar-refractivity contribution is 0.348. The molecule has 0 radical (unpaired) electrons. The fourth-order valence-electron chi connectivity index (χ4n) is 2.27. The molecule has 0 saturated carbocycles. The minimum atomic E-state index is 0.160. The number of ether oxygens (including phenoxy) is 1. The fourth-order valence-corrected chi connectivity index (χ4v) is 2.27. The third-order valence-electron chi connectivity index (χ3n) is 3.46. The summed E-state index contributed by atoms with van der Waals surface area (Å²) < 4.78 is 5.90. The fraction of sp³-hybridized carbons (Fsp3) is 0.333. The van der Waals surface area contributed by atoms with E-state index < -0.39 is 0 Å². The van der Waals surface area contributed by atoms with Crippen LogP contribution in [0, 0.1) is 0 Å². The van der Waals surface area contributed by atoms with Gasteiger partial charge < -0.3 is 10.5 Å². The van der Waals surface area contributed by atoms with Crippen LogP contribution in [0.4, 0.5) is 0 Å². The van der Waals surface area contributed by atoms with Crippen LogP contribution >= 0.6 is 0 Å². The Balaban J connectivity index is 2.44.